The molecule has 0 fully saturated rings. The molecule has 0 rings (SSSR count). The number of allylic oxidation sites excluding steroid dienone is 1. The fourth-order valence-electron chi connectivity index (χ4n) is 0.930. The number of carbonyl (C=O) groups is 1. The molecular weight excluding hydrogens is 210 g/mol. The molecule has 5 nitrogen and oxygen atoms in total. The maximum absolute atomic E-state index is 10.4. The van der Waals surface area contributed by atoms with Crippen LogP contribution in [-0.4, -0.2) is 37.5 Å². The smallest absolute Gasteiger partial charge is 0.346 e. The van der Waals surface area contributed by atoms with Gasteiger partial charge in [0.1, 0.15) is 11.6 Å². The second-order valence-corrected chi connectivity index (χ2v) is 3.30. The van der Waals surface area contributed by atoms with Crippen LogP contribution in [0.25, 0.3) is 0 Å². The lowest BCUT2D eigenvalue weighted by atomic mass is 10.2. The molecule has 0 amide bonds. The molecule has 0 aliphatic rings. The minimum Gasteiger partial charge on any atom is -0.477 e. The van der Waals surface area contributed by atoms with Gasteiger partial charge >= 0.3 is 5.97 Å². The Labute approximate surface area is 95.3 Å². The lowest BCUT2D eigenvalue weighted by molar-refractivity contribution is -0.132. The molecule has 0 heterocycles. The molecule has 0 radical (unpaired) electrons. The summed E-state index contributed by atoms with van der Waals surface area (Å²) in [4.78, 5) is 10.4. The number of rotatable bonds is 8. The number of carboxylic acids is 1. The molecule has 0 aromatic rings. The highest BCUT2D eigenvalue weighted by Crippen LogP contribution is 1.99. The maximum Gasteiger partial charge on any atom is 0.346 e. The average molecular weight is 227 g/mol. The van der Waals surface area contributed by atoms with Crippen LogP contribution in [0.2, 0.25) is 0 Å². The highest BCUT2D eigenvalue weighted by Gasteiger charge is 2.04. The van der Waals surface area contributed by atoms with Gasteiger partial charge < -0.3 is 14.6 Å². The normalized spacial score (nSPS) is 13.2. The van der Waals surface area contributed by atoms with Crippen molar-refractivity contribution in [2.45, 2.75) is 25.9 Å². The Morgan fingerprint density at radius 3 is 2.81 bits per heavy atom. The lowest BCUT2D eigenvalue weighted by Crippen LogP contribution is -2.14. The van der Waals surface area contributed by atoms with Gasteiger partial charge in [-0.15, -0.1) is 0 Å². The van der Waals surface area contributed by atoms with Crippen molar-refractivity contribution < 1.29 is 19.4 Å². The largest absolute Gasteiger partial charge is 0.477 e. The van der Waals surface area contributed by atoms with E-state index in [9.17, 15) is 4.79 Å². The zero-order valence-electron chi connectivity index (χ0n) is 9.60. The van der Waals surface area contributed by atoms with Crippen molar-refractivity contribution in [3.63, 3.8) is 0 Å². The molecular formula is C11H17NO4. The molecule has 5 heteroatoms. The summed E-state index contributed by atoms with van der Waals surface area (Å²) in [6.07, 6.45) is 2.68. The summed E-state index contributed by atoms with van der Waals surface area (Å²) in [5, 5.41) is 17.0. The molecule has 0 aromatic heterocycles. The molecule has 0 aliphatic carbocycles. The van der Waals surface area contributed by atoms with E-state index in [2.05, 4.69) is 0 Å². The summed E-state index contributed by atoms with van der Waals surface area (Å²) >= 11 is 0. The zero-order valence-corrected chi connectivity index (χ0v) is 9.60. The van der Waals surface area contributed by atoms with Crippen LogP contribution >= 0.6 is 0 Å². The number of hydrogen-bond acceptors (Lipinski definition) is 4. The second-order valence-electron chi connectivity index (χ2n) is 3.30. The Hall–Kier alpha value is -1.38. The molecule has 0 aromatic carbocycles. The number of carboxylic acid groups (broad SMARTS) is 1. The highest BCUT2D eigenvalue weighted by atomic mass is 16.5. The first-order chi connectivity index (χ1) is 7.61. The third-order valence-corrected chi connectivity index (χ3v) is 1.95. The van der Waals surface area contributed by atoms with Gasteiger partial charge in [0.25, 0.3) is 0 Å². The molecule has 0 saturated carbocycles. The quantitative estimate of drug-likeness (QED) is 0.384. The molecule has 0 aliphatic heterocycles. The number of nitriles is 1. The van der Waals surface area contributed by atoms with E-state index in [1.165, 1.54) is 6.08 Å². The van der Waals surface area contributed by atoms with E-state index in [0.29, 0.717) is 26.1 Å². The molecule has 1 atom stereocenters. The summed E-state index contributed by atoms with van der Waals surface area (Å²) in [7, 11) is 1.61. The Morgan fingerprint density at radius 2 is 2.31 bits per heavy atom. The Balaban J connectivity index is 3.61. The van der Waals surface area contributed by atoms with Crippen molar-refractivity contribution in [2.75, 3.05) is 20.3 Å². The van der Waals surface area contributed by atoms with Crippen LogP contribution in [0.4, 0.5) is 0 Å². The number of methoxy groups -OCH3 is 1. The van der Waals surface area contributed by atoms with Gasteiger partial charge in [-0.2, -0.15) is 5.26 Å². The van der Waals surface area contributed by atoms with Crippen LogP contribution in [0.1, 0.15) is 19.8 Å². The van der Waals surface area contributed by atoms with Gasteiger partial charge in [0.2, 0.25) is 0 Å². The van der Waals surface area contributed by atoms with Gasteiger partial charge in [-0.1, -0.05) is 6.08 Å². The van der Waals surface area contributed by atoms with Gasteiger partial charge in [-0.3, -0.25) is 0 Å². The van der Waals surface area contributed by atoms with Crippen molar-refractivity contribution in [3.05, 3.63) is 11.6 Å². The molecule has 0 saturated heterocycles. The van der Waals surface area contributed by atoms with Crippen LogP contribution < -0.4 is 0 Å². The number of aliphatic carboxylic acids is 1. The summed E-state index contributed by atoms with van der Waals surface area (Å²) in [6.45, 7) is 2.95. The molecule has 0 bridgehead atoms. The van der Waals surface area contributed by atoms with E-state index in [4.69, 9.17) is 19.8 Å². The van der Waals surface area contributed by atoms with Gasteiger partial charge in [-0.25, -0.2) is 4.79 Å². The predicted molar refractivity (Wildman–Crippen MR) is 57.9 cm³/mol. The van der Waals surface area contributed by atoms with Crippen LogP contribution in [-0.2, 0) is 14.3 Å². The van der Waals surface area contributed by atoms with Gasteiger partial charge in [0.05, 0.1) is 12.7 Å². The van der Waals surface area contributed by atoms with E-state index in [1.54, 1.807) is 13.2 Å². The number of nitrogens with zero attached hydrogens (tertiary/aromatic N) is 1. The molecule has 1 N–H and O–H groups in total. The summed E-state index contributed by atoms with van der Waals surface area (Å²) < 4.78 is 10.3. The first-order valence-electron chi connectivity index (χ1n) is 5.06. The SMILES string of the molecule is COC(C)COCCCC=C(C#N)C(=O)O. The van der Waals surface area contributed by atoms with Crippen LogP contribution in [0.5, 0.6) is 0 Å². The van der Waals surface area contributed by atoms with Crippen molar-refractivity contribution in [1.29, 1.82) is 5.26 Å². The van der Waals surface area contributed by atoms with Gasteiger partial charge in [-0.05, 0) is 19.8 Å². The van der Waals surface area contributed by atoms with Gasteiger partial charge in [0.15, 0.2) is 0 Å². The highest BCUT2D eigenvalue weighted by molar-refractivity contribution is 5.90. The maximum atomic E-state index is 10.4. The topological polar surface area (TPSA) is 79.5 Å². The van der Waals surface area contributed by atoms with Crippen LogP contribution in [0.15, 0.2) is 11.6 Å². The molecule has 16 heavy (non-hydrogen) atoms. The van der Waals surface area contributed by atoms with Crippen LogP contribution in [0.3, 0.4) is 0 Å². The summed E-state index contributed by atoms with van der Waals surface area (Å²) in [5.74, 6) is -1.18. The minimum atomic E-state index is -1.18. The molecule has 90 valence electrons. The average Bonchev–Trinajstić information content (AvgIpc) is 2.27. The third-order valence-electron chi connectivity index (χ3n) is 1.95. The fourth-order valence-corrected chi connectivity index (χ4v) is 0.930. The van der Waals surface area contributed by atoms with E-state index in [0.717, 1.165) is 0 Å². The Kier molecular flexibility index (Phi) is 8.12. The summed E-state index contributed by atoms with van der Waals surface area (Å²) in [6, 6.07) is 1.62. The van der Waals surface area contributed by atoms with E-state index < -0.39 is 5.97 Å². The lowest BCUT2D eigenvalue weighted by Gasteiger charge is -2.09. The molecule has 0 spiro atoms. The van der Waals surface area contributed by atoms with E-state index in [-0.39, 0.29) is 11.7 Å². The van der Waals surface area contributed by atoms with Crippen molar-refractivity contribution in [2.24, 2.45) is 0 Å². The predicted octanol–water partition coefficient (Wildman–Crippen LogP) is 1.35. The van der Waals surface area contributed by atoms with Gasteiger partial charge in [0, 0.05) is 13.7 Å². The standard InChI is InChI=1S/C11H17NO4/c1-9(15-2)8-16-6-4-3-5-10(7-12)11(13)14/h5,9H,3-4,6,8H2,1-2H3,(H,13,14). The van der Waals surface area contributed by atoms with Crippen LogP contribution in [0, 0.1) is 11.3 Å². The van der Waals surface area contributed by atoms with Crippen molar-refractivity contribution >= 4 is 5.97 Å². The Bertz CT molecular complexity index is 280. The second kappa shape index (κ2) is 8.89. The first kappa shape index (κ1) is 14.6. The van der Waals surface area contributed by atoms with Crippen molar-refractivity contribution in [1.82, 2.24) is 0 Å². The number of ether oxygens (including phenoxy) is 2. The minimum absolute atomic E-state index is 0.0595. The van der Waals surface area contributed by atoms with Crippen molar-refractivity contribution in [3.8, 4) is 6.07 Å². The monoisotopic (exact) mass is 227 g/mol. The first-order valence-corrected chi connectivity index (χ1v) is 5.06. The third kappa shape index (κ3) is 6.98. The zero-order chi connectivity index (χ0) is 12.4. The van der Waals surface area contributed by atoms with E-state index >= 15 is 0 Å². The Morgan fingerprint density at radius 1 is 1.62 bits per heavy atom. The summed E-state index contributed by atoms with van der Waals surface area (Å²) in [5.41, 5.74) is -0.217. The van der Waals surface area contributed by atoms with E-state index in [1.807, 2.05) is 6.92 Å². The molecule has 1 unspecified atom stereocenters. The number of unbranched alkanes of at least 4 members (excludes halogenated alkanes) is 1. The fraction of sp³-hybridized carbons (Fsp3) is 0.636. The number of hydrogen-bond donors (Lipinski definition) is 1.